The lowest BCUT2D eigenvalue weighted by molar-refractivity contribution is 0.0474. The molecule has 0 aliphatic rings. The van der Waals surface area contributed by atoms with Gasteiger partial charge >= 0.3 is 5.97 Å². The third-order valence-corrected chi connectivity index (χ3v) is 5.27. The van der Waals surface area contributed by atoms with E-state index < -0.39 is 22.6 Å². The number of rotatable bonds is 7. The lowest BCUT2D eigenvalue weighted by atomic mass is 10.1. The molecule has 1 heterocycles. The maximum atomic E-state index is 12.5. The first kappa shape index (κ1) is 21.6. The van der Waals surface area contributed by atoms with E-state index in [1.165, 1.54) is 19.2 Å². The van der Waals surface area contributed by atoms with Crippen LogP contribution in [-0.2, 0) is 14.8 Å². The Morgan fingerprint density at radius 1 is 1.18 bits per heavy atom. The van der Waals surface area contributed by atoms with Crippen LogP contribution in [0.25, 0.3) is 0 Å². The maximum absolute atomic E-state index is 12.5. The fraction of sp³-hybridized carbons (Fsp3) is 0.368. The summed E-state index contributed by atoms with van der Waals surface area (Å²) in [5.41, 5.74) is 2.17. The first-order valence-corrected chi connectivity index (χ1v) is 10.1. The van der Waals surface area contributed by atoms with Gasteiger partial charge in [0.1, 0.15) is 10.6 Å². The molecule has 0 unspecified atom stereocenters. The van der Waals surface area contributed by atoms with Crippen molar-refractivity contribution in [3.05, 3.63) is 46.8 Å². The normalized spacial score (nSPS) is 11.5. The number of nitrogens with two attached hydrogens (primary N) is 1. The van der Waals surface area contributed by atoms with Crippen LogP contribution in [0.5, 0.6) is 5.75 Å². The average molecular weight is 408 g/mol. The molecule has 0 amide bonds. The summed E-state index contributed by atoms with van der Waals surface area (Å²) in [4.78, 5) is 24.4. The predicted octanol–water partition coefficient (Wildman–Crippen LogP) is 2.38. The molecule has 0 saturated carbocycles. The molecular formula is C19H24N2O6S. The number of aryl methyl sites for hydroxylation is 1. The molecule has 152 valence electrons. The van der Waals surface area contributed by atoms with E-state index in [-0.39, 0.29) is 28.0 Å². The zero-order valence-corrected chi connectivity index (χ0v) is 17.3. The molecule has 0 saturated heterocycles. The number of carbonyl (C=O) groups is 2. The molecule has 28 heavy (non-hydrogen) atoms. The molecule has 1 aromatic heterocycles. The van der Waals surface area contributed by atoms with Gasteiger partial charge in [0.2, 0.25) is 15.8 Å². The zero-order valence-electron chi connectivity index (χ0n) is 16.5. The molecule has 8 nitrogen and oxygen atoms in total. The molecule has 1 aromatic carbocycles. The van der Waals surface area contributed by atoms with Crippen molar-refractivity contribution in [1.29, 1.82) is 0 Å². The number of nitrogens with zero attached hydrogens (tertiary/aromatic N) is 1. The van der Waals surface area contributed by atoms with Crippen LogP contribution < -0.4 is 9.88 Å². The number of ketones is 1. The second kappa shape index (κ2) is 8.15. The molecule has 0 atom stereocenters. The van der Waals surface area contributed by atoms with Gasteiger partial charge in [-0.1, -0.05) is 0 Å². The van der Waals surface area contributed by atoms with Crippen molar-refractivity contribution < 1.29 is 27.5 Å². The Kier molecular flexibility index (Phi) is 6.30. The summed E-state index contributed by atoms with van der Waals surface area (Å²) in [5.74, 6) is -1.16. The van der Waals surface area contributed by atoms with Gasteiger partial charge in [-0.15, -0.1) is 0 Å². The van der Waals surface area contributed by atoms with Crippen LogP contribution >= 0.6 is 0 Å². The van der Waals surface area contributed by atoms with Crippen molar-refractivity contribution in [2.75, 3.05) is 13.7 Å². The predicted molar refractivity (Wildman–Crippen MR) is 103 cm³/mol. The van der Waals surface area contributed by atoms with Gasteiger partial charge in [-0.25, -0.2) is 18.4 Å². The minimum absolute atomic E-state index is 0.0104. The molecule has 2 aromatic rings. The smallest absolute Gasteiger partial charge is 0.338 e. The Balaban J connectivity index is 2.19. The minimum atomic E-state index is -4.09. The third kappa shape index (κ3) is 4.42. The Morgan fingerprint density at radius 3 is 2.32 bits per heavy atom. The highest BCUT2D eigenvalue weighted by Crippen LogP contribution is 2.24. The second-order valence-corrected chi connectivity index (χ2v) is 8.19. The number of primary sulfonamides is 1. The summed E-state index contributed by atoms with van der Waals surface area (Å²) in [7, 11) is -2.81. The molecule has 0 aliphatic carbocycles. The average Bonchev–Trinajstić information content (AvgIpc) is 2.92. The SMILES string of the molecule is COc1ccc(C(=O)OCC(=O)c2cc(C)n(C(C)C)c2C)cc1S(N)(=O)=O. The standard InChI is InChI=1S/C19H24N2O6S/c1-11(2)21-12(3)8-15(13(21)4)16(22)10-27-19(23)14-6-7-17(26-5)18(9-14)28(20,24)25/h6-9,11H,10H2,1-5H3,(H2,20,24,25). The van der Waals surface area contributed by atoms with E-state index in [0.29, 0.717) is 5.56 Å². The highest BCUT2D eigenvalue weighted by Gasteiger charge is 2.21. The van der Waals surface area contributed by atoms with Crippen LogP contribution in [0.2, 0.25) is 0 Å². The lowest BCUT2D eigenvalue weighted by Crippen LogP contribution is -2.17. The summed E-state index contributed by atoms with van der Waals surface area (Å²) in [6, 6.07) is 5.66. The van der Waals surface area contributed by atoms with Crippen LogP contribution in [0.4, 0.5) is 0 Å². The van der Waals surface area contributed by atoms with Crippen LogP contribution in [0.3, 0.4) is 0 Å². The maximum Gasteiger partial charge on any atom is 0.338 e. The van der Waals surface area contributed by atoms with Gasteiger partial charge < -0.3 is 14.0 Å². The number of esters is 1. The topological polar surface area (TPSA) is 118 Å². The highest BCUT2D eigenvalue weighted by atomic mass is 32.2. The Bertz CT molecular complexity index is 1020. The van der Waals surface area contributed by atoms with Gasteiger partial charge in [0.05, 0.1) is 12.7 Å². The number of ether oxygens (including phenoxy) is 2. The van der Waals surface area contributed by atoms with Crippen molar-refractivity contribution in [3.8, 4) is 5.75 Å². The van der Waals surface area contributed by atoms with Crippen LogP contribution in [-0.4, -0.2) is 38.5 Å². The molecule has 0 aliphatic heterocycles. The Labute approximate surface area is 164 Å². The molecule has 2 N–H and O–H groups in total. The van der Waals surface area contributed by atoms with Gasteiger partial charge in [-0.3, -0.25) is 4.79 Å². The van der Waals surface area contributed by atoms with E-state index in [1.54, 1.807) is 6.07 Å². The summed E-state index contributed by atoms with van der Waals surface area (Å²) in [6.45, 7) is 7.31. The fourth-order valence-corrected chi connectivity index (χ4v) is 3.90. The van der Waals surface area contributed by atoms with Gasteiger partial charge in [0.15, 0.2) is 6.61 Å². The molecule has 0 fully saturated rings. The van der Waals surface area contributed by atoms with Gasteiger partial charge in [-0.05, 0) is 52.0 Å². The highest BCUT2D eigenvalue weighted by molar-refractivity contribution is 7.89. The number of benzene rings is 1. The number of methoxy groups -OCH3 is 1. The van der Waals surface area contributed by atoms with E-state index in [1.807, 2.05) is 32.3 Å². The summed E-state index contributed by atoms with van der Waals surface area (Å²) in [5, 5.41) is 5.14. The molecular weight excluding hydrogens is 384 g/mol. The van der Waals surface area contributed by atoms with Gasteiger partial charge in [-0.2, -0.15) is 0 Å². The number of sulfonamides is 1. The fourth-order valence-electron chi connectivity index (χ4n) is 3.17. The molecule has 9 heteroatoms. The molecule has 0 radical (unpaired) electrons. The minimum Gasteiger partial charge on any atom is -0.495 e. The van der Waals surface area contributed by atoms with Crippen LogP contribution in [0.1, 0.15) is 52.0 Å². The number of carbonyl (C=O) groups excluding carboxylic acids is 2. The van der Waals surface area contributed by atoms with Crippen molar-refractivity contribution >= 4 is 21.8 Å². The first-order chi connectivity index (χ1) is 13.0. The molecule has 0 spiro atoms. The zero-order chi connectivity index (χ0) is 21.2. The summed E-state index contributed by atoms with van der Waals surface area (Å²) >= 11 is 0. The van der Waals surface area contributed by atoms with Gasteiger partial charge in [0.25, 0.3) is 0 Å². The van der Waals surface area contributed by atoms with Crippen molar-refractivity contribution in [2.24, 2.45) is 5.14 Å². The number of hydrogen-bond donors (Lipinski definition) is 1. The van der Waals surface area contributed by atoms with Crippen molar-refractivity contribution in [3.63, 3.8) is 0 Å². The van der Waals surface area contributed by atoms with Crippen LogP contribution in [0.15, 0.2) is 29.2 Å². The lowest BCUT2D eigenvalue weighted by Gasteiger charge is -2.13. The monoisotopic (exact) mass is 408 g/mol. The second-order valence-electron chi connectivity index (χ2n) is 6.66. The first-order valence-electron chi connectivity index (χ1n) is 8.57. The molecule has 2 rings (SSSR count). The Morgan fingerprint density at radius 2 is 1.82 bits per heavy atom. The summed E-state index contributed by atoms with van der Waals surface area (Å²) < 4.78 is 35.4. The largest absolute Gasteiger partial charge is 0.495 e. The van der Waals surface area contributed by atoms with E-state index in [2.05, 4.69) is 0 Å². The number of hydrogen-bond acceptors (Lipinski definition) is 6. The van der Waals surface area contributed by atoms with E-state index in [0.717, 1.165) is 17.5 Å². The Hall–Kier alpha value is -2.65. The number of aromatic nitrogens is 1. The summed E-state index contributed by atoms with van der Waals surface area (Å²) in [6.07, 6.45) is 0. The van der Waals surface area contributed by atoms with Crippen molar-refractivity contribution in [1.82, 2.24) is 4.57 Å². The van der Waals surface area contributed by atoms with E-state index in [4.69, 9.17) is 14.6 Å². The van der Waals surface area contributed by atoms with Gasteiger partial charge in [0, 0.05) is 23.0 Å². The molecule has 0 bridgehead atoms. The van der Waals surface area contributed by atoms with Crippen molar-refractivity contribution in [2.45, 2.75) is 38.6 Å². The van der Waals surface area contributed by atoms with Crippen LogP contribution in [0, 0.1) is 13.8 Å². The quantitative estimate of drug-likeness (QED) is 0.555. The number of Topliss-reactive ketones (excluding diaryl/α,β-unsaturated/α-hetero) is 1. The third-order valence-electron chi connectivity index (χ3n) is 4.34. The van der Waals surface area contributed by atoms with E-state index >= 15 is 0 Å². The van der Waals surface area contributed by atoms with E-state index in [9.17, 15) is 18.0 Å².